The molecule has 2 fully saturated rings. The third-order valence-corrected chi connectivity index (χ3v) is 4.92. The number of likely N-dealkylation sites (tertiary alicyclic amines) is 1. The molecule has 3 rings (SSSR count). The minimum atomic E-state index is 0.235. The van der Waals surface area contributed by atoms with Crippen molar-refractivity contribution < 1.29 is 9.90 Å². The molecule has 0 unspecified atom stereocenters. The van der Waals surface area contributed by atoms with Gasteiger partial charge in [-0.1, -0.05) is 31.4 Å². The first-order valence-electron chi connectivity index (χ1n) is 8.50. The van der Waals surface area contributed by atoms with Gasteiger partial charge in [-0.3, -0.25) is 4.79 Å². The fraction of sp³-hybridized carbons (Fsp3) is 0.611. The van der Waals surface area contributed by atoms with Crippen molar-refractivity contribution in [2.24, 2.45) is 5.92 Å². The molecule has 120 valence electrons. The van der Waals surface area contributed by atoms with Crippen LogP contribution < -0.4 is 5.32 Å². The summed E-state index contributed by atoms with van der Waals surface area (Å²) >= 11 is 0. The Morgan fingerprint density at radius 1 is 1.23 bits per heavy atom. The molecule has 2 N–H and O–H groups in total. The van der Waals surface area contributed by atoms with Crippen molar-refractivity contribution in [2.75, 3.05) is 13.1 Å². The number of nitrogens with one attached hydrogen (secondary N) is 1. The number of carbonyl (C=O) groups excluding carboxylic acids is 1. The molecule has 0 bridgehead atoms. The summed E-state index contributed by atoms with van der Waals surface area (Å²) in [6.07, 6.45) is 7.18. The molecule has 1 aromatic rings. The monoisotopic (exact) mass is 302 g/mol. The third-order valence-electron chi connectivity index (χ3n) is 4.92. The summed E-state index contributed by atoms with van der Waals surface area (Å²) in [5, 5.41) is 12.9. The zero-order chi connectivity index (χ0) is 15.4. The summed E-state index contributed by atoms with van der Waals surface area (Å²) in [4.78, 5) is 14.2. The summed E-state index contributed by atoms with van der Waals surface area (Å²) in [7, 11) is 0. The van der Waals surface area contributed by atoms with E-state index in [9.17, 15) is 9.90 Å². The number of hydrogen-bond donors (Lipinski definition) is 2. The molecule has 1 aromatic carbocycles. The Hall–Kier alpha value is -1.55. The van der Waals surface area contributed by atoms with E-state index in [1.807, 2.05) is 12.1 Å². The number of carbonyl (C=O) groups is 1. The molecule has 1 saturated heterocycles. The Morgan fingerprint density at radius 3 is 2.82 bits per heavy atom. The first-order valence-corrected chi connectivity index (χ1v) is 8.50. The van der Waals surface area contributed by atoms with Gasteiger partial charge >= 0.3 is 0 Å². The van der Waals surface area contributed by atoms with Crippen molar-refractivity contribution in [3.63, 3.8) is 0 Å². The van der Waals surface area contributed by atoms with Crippen LogP contribution in [0, 0.1) is 5.92 Å². The van der Waals surface area contributed by atoms with Crippen LogP contribution >= 0.6 is 0 Å². The van der Waals surface area contributed by atoms with Gasteiger partial charge in [0.15, 0.2) is 0 Å². The van der Waals surface area contributed by atoms with Gasteiger partial charge in [0, 0.05) is 32.1 Å². The van der Waals surface area contributed by atoms with E-state index in [1.54, 1.807) is 12.1 Å². The number of rotatable bonds is 5. The Labute approximate surface area is 132 Å². The van der Waals surface area contributed by atoms with Crippen molar-refractivity contribution in [3.8, 4) is 5.75 Å². The zero-order valence-corrected chi connectivity index (χ0v) is 13.1. The summed E-state index contributed by atoms with van der Waals surface area (Å²) in [6, 6.07) is 7.52. The van der Waals surface area contributed by atoms with Gasteiger partial charge in [-0.2, -0.15) is 0 Å². The molecule has 4 heteroatoms. The van der Waals surface area contributed by atoms with Crippen LogP contribution in [0.25, 0.3) is 0 Å². The van der Waals surface area contributed by atoms with Crippen LogP contribution in [0.4, 0.5) is 0 Å². The van der Waals surface area contributed by atoms with E-state index in [1.165, 1.54) is 32.1 Å². The van der Waals surface area contributed by atoms with Crippen LogP contribution in [0.2, 0.25) is 0 Å². The smallest absolute Gasteiger partial charge is 0.224 e. The Balaban J connectivity index is 1.47. The highest BCUT2D eigenvalue weighted by Gasteiger charge is 2.30. The van der Waals surface area contributed by atoms with Crippen LogP contribution in [0.3, 0.4) is 0 Å². The second-order valence-electron chi connectivity index (χ2n) is 6.75. The normalized spacial score (nSPS) is 23.2. The standard InChI is InChI=1S/C18H26N2O2/c21-17-8-4-7-15(9-17)11-19-16-10-18(22)20(13-16)12-14-5-2-1-3-6-14/h4,7-9,14,16,19,21H,1-3,5-6,10-13H2/t16-/m1/s1. The molecule has 1 amide bonds. The number of phenolic OH excluding ortho intramolecular Hbond substituents is 1. The van der Waals surface area contributed by atoms with Gasteiger partial charge in [0.2, 0.25) is 5.91 Å². The van der Waals surface area contributed by atoms with E-state index in [-0.39, 0.29) is 6.04 Å². The number of aromatic hydroxyl groups is 1. The van der Waals surface area contributed by atoms with E-state index in [0.717, 1.165) is 18.7 Å². The van der Waals surface area contributed by atoms with Gasteiger partial charge in [0.25, 0.3) is 0 Å². The SMILES string of the molecule is O=C1C[C@@H](NCc2cccc(O)c2)CN1CC1CCCCC1. The maximum absolute atomic E-state index is 12.2. The van der Waals surface area contributed by atoms with Gasteiger partial charge in [0.1, 0.15) is 5.75 Å². The molecular weight excluding hydrogens is 276 g/mol. The molecule has 1 heterocycles. The molecule has 0 aromatic heterocycles. The van der Waals surface area contributed by atoms with Crippen molar-refractivity contribution in [2.45, 2.75) is 51.1 Å². The largest absolute Gasteiger partial charge is 0.508 e. The van der Waals surface area contributed by atoms with Crippen LogP contribution in [-0.2, 0) is 11.3 Å². The van der Waals surface area contributed by atoms with Crippen molar-refractivity contribution >= 4 is 5.91 Å². The lowest BCUT2D eigenvalue weighted by Gasteiger charge is -2.27. The van der Waals surface area contributed by atoms with Crippen molar-refractivity contribution in [1.82, 2.24) is 10.2 Å². The van der Waals surface area contributed by atoms with Crippen LogP contribution in [-0.4, -0.2) is 35.0 Å². The van der Waals surface area contributed by atoms with E-state index in [4.69, 9.17) is 0 Å². The lowest BCUT2D eigenvalue weighted by atomic mass is 9.89. The summed E-state index contributed by atoms with van der Waals surface area (Å²) in [6.45, 7) is 2.47. The third kappa shape index (κ3) is 4.01. The fourth-order valence-corrected chi connectivity index (χ4v) is 3.70. The van der Waals surface area contributed by atoms with E-state index < -0.39 is 0 Å². The van der Waals surface area contributed by atoms with Gasteiger partial charge in [0.05, 0.1) is 0 Å². The summed E-state index contributed by atoms with van der Waals surface area (Å²) < 4.78 is 0. The predicted octanol–water partition coefficient (Wildman–Crippen LogP) is 2.66. The Morgan fingerprint density at radius 2 is 2.05 bits per heavy atom. The second kappa shape index (κ2) is 7.14. The Bertz CT molecular complexity index is 512. The van der Waals surface area contributed by atoms with Crippen LogP contribution in [0.1, 0.15) is 44.1 Å². The molecule has 22 heavy (non-hydrogen) atoms. The number of amides is 1. The predicted molar refractivity (Wildman–Crippen MR) is 86.5 cm³/mol. The van der Waals surface area contributed by atoms with Crippen LogP contribution in [0.5, 0.6) is 5.75 Å². The topological polar surface area (TPSA) is 52.6 Å². The lowest BCUT2D eigenvalue weighted by Crippen LogP contribution is -2.35. The van der Waals surface area contributed by atoms with Gasteiger partial charge in [-0.15, -0.1) is 0 Å². The second-order valence-corrected chi connectivity index (χ2v) is 6.75. The highest BCUT2D eigenvalue weighted by Crippen LogP contribution is 2.26. The zero-order valence-electron chi connectivity index (χ0n) is 13.1. The average molecular weight is 302 g/mol. The molecule has 0 spiro atoms. The first-order chi connectivity index (χ1) is 10.7. The highest BCUT2D eigenvalue weighted by atomic mass is 16.3. The molecule has 0 radical (unpaired) electrons. The number of nitrogens with zero attached hydrogens (tertiary/aromatic N) is 1. The van der Waals surface area contributed by atoms with Crippen LogP contribution in [0.15, 0.2) is 24.3 Å². The van der Waals surface area contributed by atoms with Gasteiger partial charge < -0.3 is 15.3 Å². The number of phenols is 1. The molecule has 4 nitrogen and oxygen atoms in total. The van der Waals surface area contributed by atoms with Crippen molar-refractivity contribution in [1.29, 1.82) is 0 Å². The average Bonchev–Trinajstić information content (AvgIpc) is 2.87. The molecule has 2 aliphatic rings. The van der Waals surface area contributed by atoms with E-state index >= 15 is 0 Å². The van der Waals surface area contributed by atoms with Gasteiger partial charge in [-0.05, 0) is 36.5 Å². The fourth-order valence-electron chi connectivity index (χ4n) is 3.70. The minimum Gasteiger partial charge on any atom is -0.508 e. The van der Waals surface area contributed by atoms with Gasteiger partial charge in [-0.25, -0.2) is 0 Å². The number of benzene rings is 1. The molecule has 1 aliphatic heterocycles. The maximum atomic E-state index is 12.2. The minimum absolute atomic E-state index is 0.235. The maximum Gasteiger partial charge on any atom is 0.224 e. The number of hydrogen-bond acceptors (Lipinski definition) is 3. The lowest BCUT2D eigenvalue weighted by molar-refractivity contribution is -0.128. The molecule has 1 atom stereocenters. The van der Waals surface area contributed by atoms with E-state index in [2.05, 4.69) is 10.2 Å². The highest BCUT2D eigenvalue weighted by molar-refractivity contribution is 5.79. The molecule has 1 aliphatic carbocycles. The quantitative estimate of drug-likeness (QED) is 0.879. The Kier molecular flexibility index (Phi) is 4.98. The molecule has 1 saturated carbocycles. The van der Waals surface area contributed by atoms with E-state index in [0.29, 0.717) is 30.5 Å². The first kappa shape index (κ1) is 15.3. The molecular formula is C18H26N2O2. The van der Waals surface area contributed by atoms with Crippen molar-refractivity contribution in [3.05, 3.63) is 29.8 Å². The summed E-state index contributed by atoms with van der Waals surface area (Å²) in [5.74, 6) is 1.29. The summed E-state index contributed by atoms with van der Waals surface area (Å²) in [5.41, 5.74) is 1.05.